The Morgan fingerprint density at radius 1 is 1.17 bits per heavy atom. The first kappa shape index (κ1) is 17.1. The van der Waals surface area contributed by atoms with Crippen LogP contribution in [0.15, 0.2) is 40.9 Å². The normalized spacial score (nSPS) is 10.3. The Balaban J connectivity index is 1.96. The van der Waals surface area contributed by atoms with Crippen LogP contribution in [-0.2, 0) is 9.53 Å². The van der Waals surface area contributed by atoms with Gasteiger partial charge in [-0.1, -0.05) is 33.6 Å². The maximum absolute atomic E-state index is 13.6. The van der Waals surface area contributed by atoms with E-state index in [9.17, 15) is 14.0 Å². The molecule has 2 aromatic carbocycles. The van der Waals surface area contributed by atoms with Crippen LogP contribution in [0.5, 0.6) is 0 Å². The molecule has 2 rings (SSSR count). The summed E-state index contributed by atoms with van der Waals surface area (Å²) < 4.78 is 19.2. The number of ether oxygens (including phenoxy) is 1. The van der Waals surface area contributed by atoms with Crippen molar-refractivity contribution >= 4 is 33.5 Å². The molecule has 0 atom stereocenters. The van der Waals surface area contributed by atoms with E-state index in [1.807, 2.05) is 19.1 Å². The number of esters is 1. The fourth-order valence-electron chi connectivity index (χ4n) is 1.94. The van der Waals surface area contributed by atoms with Gasteiger partial charge in [-0.3, -0.25) is 4.79 Å². The van der Waals surface area contributed by atoms with Gasteiger partial charge >= 0.3 is 5.97 Å². The maximum Gasteiger partial charge on any atom is 0.338 e. The van der Waals surface area contributed by atoms with Gasteiger partial charge in [-0.2, -0.15) is 0 Å². The highest BCUT2D eigenvalue weighted by Gasteiger charge is 2.14. The molecule has 0 saturated heterocycles. The molecular formula is C17H15BrFNO3. The van der Waals surface area contributed by atoms with E-state index in [-0.39, 0.29) is 5.69 Å². The van der Waals surface area contributed by atoms with Crippen molar-refractivity contribution in [1.29, 1.82) is 0 Å². The van der Waals surface area contributed by atoms with Crippen LogP contribution in [0.25, 0.3) is 0 Å². The highest BCUT2D eigenvalue weighted by molar-refractivity contribution is 9.10. The van der Waals surface area contributed by atoms with Gasteiger partial charge in [0, 0.05) is 4.47 Å². The van der Waals surface area contributed by atoms with E-state index in [2.05, 4.69) is 21.2 Å². The van der Waals surface area contributed by atoms with Gasteiger partial charge in [0.05, 0.1) is 11.3 Å². The van der Waals surface area contributed by atoms with E-state index in [0.29, 0.717) is 10.0 Å². The minimum Gasteiger partial charge on any atom is -0.452 e. The molecule has 0 saturated carbocycles. The second-order valence-corrected chi connectivity index (χ2v) is 5.98. The monoisotopic (exact) mass is 379 g/mol. The molecule has 0 aliphatic heterocycles. The van der Waals surface area contributed by atoms with Crippen LogP contribution >= 0.6 is 15.9 Å². The molecule has 0 heterocycles. The minimum atomic E-state index is -0.607. The summed E-state index contributed by atoms with van der Waals surface area (Å²) in [6.07, 6.45) is 0. The lowest BCUT2D eigenvalue weighted by Crippen LogP contribution is -2.21. The van der Waals surface area contributed by atoms with E-state index in [4.69, 9.17) is 4.74 Å². The smallest absolute Gasteiger partial charge is 0.338 e. The van der Waals surface area contributed by atoms with Crippen LogP contribution in [0.4, 0.5) is 10.1 Å². The van der Waals surface area contributed by atoms with E-state index in [1.54, 1.807) is 19.1 Å². The van der Waals surface area contributed by atoms with Crippen molar-refractivity contribution in [3.63, 3.8) is 0 Å². The third kappa shape index (κ3) is 4.63. The van der Waals surface area contributed by atoms with Gasteiger partial charge in [0.15, 0.2) is 6.61 Å². The van der Waals surface area contributed by atoms with Crippen LogP contribution in [-0.4, -0.2) is 18.5 Å². The zero-order chi connectivity index (χ0) is 17.0. The molecule has 0 spiro atoms. The van der Waals surface area contributed by atoms with Gasteiger partial charge < -0.3 is 10.1 Å². The topological polar surface area (TPSA) is 55.4 Å². The summed E-state index contributed by atoms with van der Waals surface area (Å²) in [4.78, 5) is 23.8. The standard InChI is InChI=1S/C17H15BrFNO3/c1-10-3-4-11(2)13(7-10)17(22)23-9-16(21)20-15-6-5-12(18)8-14(15)19/h3-8H,9H2,1-2H3,(H,20,21). The number of carbonyl (C=O) groups excluding carboxylic acids is 2. The minimum absolute atomic E-state index is 0.0287. The second kappa shape index (κ2) is 7.37. The summed E-state index contributed by atoms with van der Waals surface area (Å²) in [6, 6.07) is 9.64. The summed E-state index contributed by atoms with van der Waals surface area (Å²) in [5, 5.41) is 2.36. The number of aryl methyl sites for hydroxylation is 2. The molecule has 1 amide bonds. The molecule has 0 unspecified atom stereocenters. The third-order valence-electron chi connectivity index (χ3n) is 3.15. The van der Waals surface area contributed by atoms with Gasteiger partial charge in [-0.05, 0) is 43.7 Å². The molecule has 0 bridgehead atoms. The zero-order valence-corrected chi connectivity index (χ0v) is 14.2. The second-order valence-electron chi connectivity index (χ2n) is 5.07. The van der Waals surface area contributed by atoms with Crippen molar-refractivity contribution in [1.82, 2.24) is 0 Å². The van der Waals surface area contributed by atoms with Crippen molar-refractivity contribution in [2.24, 2.45) is 0 Å². The van der Waals surface area contributed by atoms with E-state index >= 15 is 0 Å². The predicted molar refractivity (Wildman–Crippen MR) is 88.9 cm³/mol. The SMILES string of the molecule is Cc1ccc(C)c(C(=O)OCC(=O)Nc2ccc(Br)cc2F)c1. The average Bonchev–Trinajstić information content (AvgIpc) is 2.50. The molecular weight excluding hydrogens is 365 g/mol. The Hall–Kier alpha value is -2.21. The lowest BCUT2D eigenvalue weighted by Gasteiger charge is -2.09. The number of amides is 1. The molecule has 6 heteroatoms. The van der Waals surface area contributed by atoms with Crippen LogP contribution in [0.3, 0.4) is 0 Å². The Morgan fingerprint density at radius 3 is 2.61 bits per heavy atom. The number of nitrogens with one attached hydrogen (secondary N) is 1. The number of benzene rings is 2. The fourth-order valence-corrected chi connectivity index (χ4v) is 2.27. The molecule has 0 aromatic heterocycles. The number of halogens is 2. The number of carbonyl (C=O) groups is 2. The van der Waals surface area contributed by atoms with E-state index < -0.39 is 24.3 Å². The summed E-state index contributed by atoms with van der Waals surface area (Å²) in [5.41, 5.74) is 2.12. The number of rotatable bonds is 4. The van der Waals surface area contributed by atoms with Crippen LogP contribution in [0.1, 0.15) is 21.5 Å². The molecule has 1 N–H and O–H groups in total. The molecule has 2 aromatic rings. The Bertz CT molecular complexity index is 761. The molecule has 0 aliphatic rings. The highest BCUT2D eigenvalue weighted by atomic mass is 79.9. The Morgan fingerprint density at radius 2 is 1.91 bits per heavy atom. The predicted octanol–water partition coefficient (Wildman–Crippen LogP) is 4.00. The Kier molecular flexibility index (Phi) is 5.50. The fraction of sp³-hybridized carbons (Fsp3) is 0.176. The molecule has 23 heavy (non-hydrogen) atoms. The van der Waals surface area contributed by atoms with Crippen molar-refractivity contribution in [2.45, 2.75) is 13.8 Å². The first-order valence-electron chi connectivity index (χ1n) is 6.86. The summed E-state index contributed by atoms with van der Waals surface area (Å²) in [7, 11) is 0. The quantitative estimate of drug-likeness (QED) is 0.816. The van der Waals surface area contributed by atoms with Crippen molar-refractivity contribution in [3.05, 3.63) is 63.4 Å². The van der Waals surface area contributed by atoms with Gasteiger partial charge in [-0.25, -0.2) is 9.18 Å². The maximum atomic E-state index is 13.6. The first-order valence-corrected chi connectivity index (χ1v) is 7.65. The number of hydrogen-bond donors (Lipinski definition) is 1. The highest BCUT2D eigenvalue weighted by Crippen LogP contribution is 2.19. The van der Waals surface area contributed by atoms with Crippen molar-refractivity contribution in [3.8, 4) is 0 Å². The summed E-state index contributed by atoms with van der Waals surface area (Å²) >= 11 is 3.13. The molecule has 4 nitrogen and oxygen atoms in total. The number of anilines is 1. The van der Waals surface area contributed by atoms with Crippen LogP contribution < -0.4 is 5.32 Å². The third-order valence-corrected chi connectivity index (χ3v) is 3.65. The van der Waals surface area contributed by atoms with Crippen LogP contribution in [0, 0.1) is 19.7 Å². The summed E-state index contributed by atoms with van der Waals surface area (Å²) in [6.45, 7) is 3.16. The first-order chi connectivity index (χ1) is 10.9. The molecule has 0 aliphatic carbocycles. The summed E-state index contributed by atoms with van der Waals surface area (Å²) in [5.74, 6) is -1.77. The number of hydrogen-bond acceptors (Lipinski definition) is 3. The Labute approximate surface area is 141 Å². The average molecular weight is 380 g/mol. The lowest BCUT2D eigenvalue weighted by atomic mass is 10.1. The molecule has 120 valence electrons. The van der Waals surface area contributed by atoms with Crippen LogP contribution in [0.2, 0.25) is 0 Å². The lowest BCUT2D eigenvalue weighted by molar-refractivity contribution is -0.119. The molecule has 0 radical (unpaired) electrons. The van der Waals surface area contributed by atoms with Gasteiger partial charge in [-0.15, -0.1) is 0 Å². The van der Waals surface area contributed by atoms with E-state index in [0.717, 1.165) is 11.1 Å². The van der Waals surface area contributed by atoms with E-state index in [1.165, 1.54) is 12.1 Å². The zero-order valence-electron chi connectivity index (χ0n) is 12.7. The van der Waals surface area contributed by atoms with Crippen molar-refractivity contribution in [2.75, 3.05) is 11.9 Å². The van der Waals surface area contributed by atoms with Gasteiger partial charge in [0.2, 0.25) is 0 Å². The molecule has 0 fully saturated rings. The van der Waals surface area contributed by atoms with Gasteiger partial charge in [0.25, 0.3) is 5.91 Å². The van der Waals surface area contributed by atoms with Crippen molar-refractivity contribution < 1.29 is 18.7 Å². The largest absolute Gasteiger partial charge is 0.452 e. The van der Waals surface area contributed by atoms with Gasteiger partial charge in [0.1, 0.15) is 5.82 Å².